The molecule has 23 heavy (non-hydrogen) atoms. The quantitative estimate of drug-likeness (QED) is 0.773. The van der Waals surface area contributed by atoms with Crippen molar-refractivity contribution in [2.24, 2.45) is 5.92 Å². The molecule has 130 valence electrons. The van der Waals surface area contributed by atoms with E-state index in [4.69, 9.17) is 9.84 Å². The number of aliphatic hydroxyl groups is 1. The number of nitrogens with zero attached hydrogens (tertiary/aromatic N) is 1. The van der Waals surface area contributed by atoms with Crippen LogP contribution in [0.3, 0.4) is 0 Å². The van der Waals surface area contributed by atoms with Crippen molar-refractivity contribution in [3.8, 4) is 5.75 Å². The van der Waals surface area contributed by atoms with Gasteiger partial charge in [-0.15, -0.1) is 0 Å². The highest BCUT2D eigenvalue weighted by molar-refractivity contribution is 5.38. The number of hydrogen-bond donors (Lipinski definition) is 2. The maximum Gasteiger partial charge on any atom is 0.123 e. The zero-order chi connectivity index (χ0) is 16.7. The minimum Gasteiger partial charge on any atom is -0.496 e. The second-order valence-corrected chi connectivity index (χ2v) is 6.83. The van der Waals surface area contributed by atoms with Crippen LogP contribution in [0.5, 0.6) is 5.75 Å². The standard InChI is InChI=1S/C19H32N2O2/c1-15(14-22)12-20-16(2)17-7-8-19(23-3)18(11-17)13-21-9-5-4-6-10-21/h7-8,11,15-16,20,22H,4-6,9-10,12-14H2,1-3H3. The Hall–Kier alpha value is -1.10. The van der Waals surface area contributed by atoms with Crippen LogP contribution in [0.2, 0.25) is 0 Å². The molecule has 2 unspecified atom stereocenters. The number of benzene rings is 1. The molecule has 0 radical (unpaired) electrons. The van der Waals surface area contributed by atoms with E-state index >= 15 is 0 Å². The van der Waals surface area contributed by atoms with Gasteiger partial charge in [0.15, 0.2) is 0 Å². The summed E-state index contributed by atoms with van der Waals surface area (Å²) in [6.07, 6.45) is 3.97. The van der Waals surface area contributed by atoms with E-state index in [1.54, 1.807) is 7.11 Å². The van der Waals surface area contributed by atoms with Crippen LogP contribution >= 0.6 is 0 Å². The van der Waals surface area contributed by atoms with E-state index in [0.29, 0.717) is 0 Å². The van der Waals surface area contributed by atoms with Gasteiger partial charge in [-0.05, 0) is 56.5 Å². The molecule has 2 N–H and O–H groups in total. The normalized spacial score (nSPS) is 18.6. The van der Waals surface area contributed by atoms with Gasteiger partial charge in [-0.25, -0.2) is 0 Å². The molecular weight excluding hydrogens is 288 g/mol. The lowest BCUT2D eigenvalue weighted by atomic mass is 10.0. The largest absolute Gasteiger partial charge is 0.496 e. The van der Waals surface area contributed by atoms with E-state index in [-0.39, 0.29) is 18.6 Å². The molecule has 1 heterocycles. The molecule has 0 aromatic heterocycles. The summed E-state index contributed by atoms with van der Waals surface area (Å²) in [7, 11) is 1.75. The monoisotopic (exact) mass is 320 g/mol. The van der Waals surface area contributed by atoms with Crippen molar-refractivity contribution in [2.75, 3.05) is 33.4 Å². The lowest BCUT2D eigenvalue weighted by Crippen LogP contribution is -2.29. The first kappa shape index (κ1) is 18.2. The highest BCUT2D eigenvalue weighted by Crippen LogP contribution is 2.26. The smallest absolute Gasteiger partial charge is 0.123 e. The van der Waals surface area contributed by atoms with Gasteiger partial charge in [0.1, 0.15) is 5.75 Å². The Morgan fingerprint density at radius 1 is 1.22 bits per heavy atom. The fraction of sp³-hybridized carbons (Fsp3) is 0.684. The van der Waals surface area contributed by atoms with Gasteiger partial charge in [-0.2, -0.15) is 0 Å². The molecule has 1 fully saturated rings. The third-order valence-corrected chi connectivity index (χ3v) is 4.73. The molecule has 2 atom stereocenters. The number of aliphatic hydroxyl groups excluding tert-OH is 1. The van der Waals surface area contributed by atoms with Crippen LogP contribution in [0.25, 0.3) is 0 Å². The Bertz CT molecular complexity index is 472. The van der Waals surface area contributed by atoms with E-state index in [9.17, 15) is 0 Å². The molecular formula is C19H32N2O2. The summed E-state index contributed by atoms with van der Waals surface area (Å²) in [5, 5.41) is 12.7. The SMILES string of the molecule is COc1ccc(C(C)NCC(C)CO)cc1CN1CCCCC1. The van der Waals surface area contributed by atoms with Crippen molar-refractivity contribution >= 4 is 0 Å². The Kier molecular flexibility index (Phi) is 7.34. The van der Waals surface area contributed by atoms with Crippen LogP contribution in [-0.4, -0.2) is 43.4 Å². The van der Waals surface area contributed by atoms with E-state index < -0.39 is 0 Å². The molecule has 1 saturated heterocycles. The maximum atomic E-state index is 9.15. The average molecular weight is 320 g/mol. The highest BCUT2D eigenvalue weighted by Gasteiger charge is 2.15. The molecule has 4 heteroatoms. The molecule has 1 aliphatic rings. The summed E-state index contributed by atoms with van der Waals surface area (Å²) in [5.41, 5.74) is 2.55. The van der Waals surface area contributed by atoms with Crippen molar-refractivity contribution in [3.63, 3.8) is 0 Å². The first-order valence-corrected chi connectivity index (χ1v) is 8.87. The summed E-state index contributed by atoms with van der Waals surface area (Å²) in [5.74, 6) is 1.26. The van der Waals surface area contributed by atoms with Crippen LogP contribution < -0.4 is 10.1 Å². The number of hydrogen-bond acceptors (Lipinski definition) is 4. The summed E-state index contributed by atoms with van der Waals surface area (Å²) in [4.78, 5) is 2.52. The van der Waals surface area contributed by atoms with Crippen molar-refractivity contribution in [1.82, 2.24) is 10.2 Å². The lowest BCUT2D eigenvalue weighted by molar-refractivity contribution is 0.218. The first-order chi connectivity index (χ1) is 11.1. The molecule has 4 nitrogen and oxygen atoms in total. The van der Waals surface area contributed by atoms with Gasteiger partial charge in [-0.1, -0.05) is 19.4 Å². The first-order valence-electron chi connectivity index (χ1n) is 8.87. The number of nitrogens with one attached hydrogen (secondary N) is 1. The van der Waals surface area contributed by atoms with Gasteiger partial charge in [0.05, 0.1) is 7.11 Å². The van der Waals surface area contributed by atoms with E-state index in [2.05, 4.69) is 42.3 Å². The lowest BCUT2D eigenvalue weighted by Gasteiger charge is -2.27. The van der Waals surface area contributed by atoms with Gasteiger partial charge in [-0.3, -0.25) is 4.90 Å². The number of rotatable bonds is 8. The van der Waals surface area contributed by atoms with Crippen molar-refractivity contribution in [1.29, 1.82) is 0 Å². The Morgan fingerprint density at radius 2 is 1.96 bits per heavy atom. The van der Waals surface area contributed by atoms with E-state index in [1.807, 2.05) is 0 Å². The Balaban J connectivity index is 2.04. The molecule has 0 amide bonds. The molecule has 0 aliphatic carbocycles. The summed E-state index contributed by atoms with van der Waals surface area (Å²) in [6.45, 7) is 8.63. The van der Waals surface area contributed by atoms with Gasteiger partial charge in [0.25, 0.3) is 0 Å². The second kappa shape index (κ2) is 9.26. The van der Waals surface area contributed by atoms with Crippen LogP contribution in [0.15, 0.2) is 18.2 Å². The van der Waals surface area contributed by atoms with Crippen molar-refractivity contribution in [3.05, 3.63) is 29.3 Å². The van der Waals surface area contributed by atoms with E-state index in [1.165, 1.54) is 43.5 Å². The fourth-order valence-electron chi connectivity index (χ4n) is 3.11. The highest BCUT2D eigenvalue weighted by atomic mass is 16.5. The van der Waals surface area contributed by atoms with Crippen LogP contribution in [0, 0.1) is 5.92 Å². The second-order valence-electron chi connectivity index (χ2n) is 6.83. The fourth-order valence-corrected chi connectivity index (χ4v) is 3.11. The minimum absolute atomic E-state index is 0.225. The number of likely N-dealkylation sites (tertiary alicyclic amines) is 1. The maximum absolute atomic E-state index is 9.15. The van der Waals surface area contributed by atoms with Crippen LogP contribution in [0.4, 0.5) is 0 Å². The minimum atomic E-state index is 0.225. The third kappa shape index (κ3) is 5.48. The summed E-state index contributed by atoms with van der Waals surface area (Å²) < 4.78 is 5.56. The number of piperidine rings is 1. The van der Waals surface area contributed by atoms with Gasteiger partial charge >= 0.3 is 0 Å². The zero-order valence-electron chi connectivity index (χ0n) is 14.8. The average Bonchev–Trinajstić information content (AvgIpc) is 2.60. The summed E-state index contributed by atoms with van der Waals surface area (Å²) in [6, 6.07) is 6.77. The molecule has 1 aromatic rings. The molecule has 0 bridgehead atoms. The number of methoxy groups -OCH3 is 1. The van der Waals surface area contributed by atoms with Crippen LogP contribution in [0.1, 0.15) is 50.3 Å². The van der Waals surface area contributed by atoms with E-state index in [0.717, 1.165) is 18.8 Å². The molecule has 2 rings (SSSR count). The molecule has 0 saturated carbocycles. The Labute approximate surface area is 140 Å². The molecule has 1 aromatic carbocycles. The molecule has 0 spiro atoms. The predicted octanol–water partition coefficient (Wildman–Crippen LogP) is 2.96. The van der Waals surface area contributed by atoms with Crippen molar-refractivity contribution < 1.29 is 9.84 Å². The van der Waals surface area contributed by atoms with Gasteiger partial charge in [0, 0.05) is 31.3 Å². The topological polar surface area (TPSA) is 44.7 Å². The Morgan fingerprint density at radius 3 is 2.61 bits per heavy atom. The number of ether oxygens (including phenoxy) is 1. The van der Waals surface area contributed by atoms with Crippen LogP contribution in [-0.2, 0) is 6.54 Å². The van der Waals surface area contributed by atoms with Crippen molar-refractivity contribution in [2.45, 2.75) is 45.7 Å². The van der Waals surface area contributed by atoms with Gasteiger partial charge in [0.2, 0.25) is 0 Å². The zero-order valence-corrected chi connectivity index (χ0v) is 14.8. The predicted molar refractivity (Wildman–Crippen MR) is 94.8 cm³/mol. The molecule has 1 aliphatic heterocycles. The third-order valence-electron chi connectivity index (χ3n) is 4.73. The summed E-state index contributed by atoms with van der Waals surface area (Å²) >= 11 is 0. The van der Waals surface area contributed by atoms with Gasteiger partial charge < -0.3 is 15.2 Å².